The molecule has 2 rings (SSSR count). The van der Waals surface area contributed by atoms with Gasteiger partial charge in [0.1, 0.15) is 5.75 Å². The molecule has 168 valence electrons. The molecule has 0 unspecified atom stereocenters. The molecule has 0 spiro atoms. The van der Waals surface area contributed by atoms with Crippen LogP contribution in [-0.2, 0) is 0 Å². The first-order chi connectivity index (χ1) is 15.1. The Morgan fingerprint density at radius 3 is 2.16 bits per heavy atom. The highest BCUT2D eigenvalue weighted by atomic mass is 16.3. The van der Waals surface area contributed by atoms with Crippen molar-refractivity contribution in [1.29, 1.82) is 0 Å². The third-order valence-corrected chi connectivity index (χ3v) is 5.96. The van der Waals surface area contributed by atoms with Crippen LogP contribution in [0.15, 0.2) is 53.6 Å². The number of benzene rings is 1. The molecule has 0 saturated carbocycles. The number of aromatic hydroxyl groups is 1. The average Bonchev–Trinajstić information content (AvgIpc) is 2.76. The number of allylic oxidation sites excluding steroid dienone is 6. The summed E-state index contributed by atoms with van der Waals surface area (Å²) in [5.74, 6) is -0.418. The van der Waals surface area contributed by atoms with Crippen LogP contribution < -0.4 is 0 Å². The number of Topliss-reactive ketones (excluding diaryl/α,β-unsaturated/α-hetero) is 2. The first-order valence-electron chi connectivity index (χ1n) is 12.0. The fourth-order valence-electron chi connectivity index (χ4n) is 4.04. The van der Waals surface area contributed by atoms with Crippen molar-refractivity contribution >= 4 is 11.6 Å². The second kappa shape index (κ2) is 13.8. The lowest BCUT2D eigenvalue weighted by molar-refractivity contribution is 0.0969. The van der Waals surface area contributed by atoms with Gasteiger partial charge in [-0.3, -0.25) is 9.59 Å². The van der Waals surface area contributed by atoms with Gasteiger partial charge in [0.2, 0.25) is 0 Å². The molecule has 3 nitrogen and oxygen atoms in total. The van der Waals surface area contributed by atoms with E-state index in [1.807, 2.05) is 0 Å². The van der Waals surface area contributed by atoms with Crippen LogP contribution in [0.4, 0.5) is 0 Å². The van der Waals surface area contributed by atoms with E-state index in [1.165, 1.54) is 44.6 Å². The first-order valence-corrected chi connectivity index (χ1v) is 12.0. The lowest BCUT2D eigenvalue weighted by Gasteiger charge is -2.19. The Labute approximate surface area is 188 Å². The van der Waals surface area contributed by atoms with Crippen LogP contribution in [-0.4, -0.2) is 16.7 Å². The van der Waals surface area contributed by atoms with E-state index in [0.29, 0.717) is 23.1 Å². The van der Waals surface area contributed by atoms with Crippen LogP contribution in [0.25, 0.3) is 0 Å². The fraction of sp³-hybridized carbons (Fsp3) is 0.500. The van der Waals surface area contributed by atoms with Gasteiger partial charge in [0.15, 0.2) is 11.6 Å². The number of hydrogen-bond donors (Lipinski definition) is 1. The second-order valence-corrected chi connectivity index (χ2v) is 8.44. The van der Waals surface area contributed by atoms with Gasteiger partial charge in [0.25, 0.3) is 0 Å². The maximum atomic E-state index is 12.8. The van der Waals surface area contributed by atoms with E-state index < -0.39 is 0 Å². The minimum absolute atomic E-state index is 0.0964. The van der Waals surface area contributed by atoms with E-state index in [4.69, 9.17) is 0 Å². The molecule has 0 amide bonds. The first kappa shape index (κ1) is 24.8. The van der Waals surface area contributed by atoms with Crippen molar-refractivity contribution in [2.45, 2.75) is 90.9 Å². The molecular formula is C28H38O3. The molecule has 0 atom stereocenters. The predicted molar refractivity (Wildman–Crippen MR) is 129 cm³/mol. The summed E-state index contributed by atoms with van der Waals surface area (Å²) in [5, 5.41) is 10.0. The number of carbonyl (C=O) groups excluding carboxylic acids is 2. The standard InChI is InChI=1S/C28H38O3/c1-3-4-5-6-7-8-9-10-11-12-13-14-15-16-17-19-23-22(2)27(30)24-20-18-21-25(29)26(24)28(23)31/h7-8,10-11,18,20-21,29H,3-6,9,12-17,19H2,1-2H3/b8-7+,11-10+. The van der Waals surface area contributed by atoms with Crippen molar-refractivity contribution in [3.05, 3.63) is 64.8 Å². The van der Waals surface area contributed by atoms with Gasteiger partial charge in [0, 0.05) is 16.7 Å². The van der Waals surface area contributed by atoms with Crippen molar-refractivity contribution < 1.29 is 14.7 Å². The monoisotopic (exact) mass is 422 g/mol. The molecule has 0 heterocycles. The molecule has 3 heteroatoms. The summed E-state index contributed by atoms with van der Waals surface area (Å²) in [5.41, 5.74) is 1.61. The highest BCUT2D eigenvalue weighted by Crippen LogP contribution is 2.33. The Morgan fingerprint density at radius 2 is 1.45 bits per heavy atom. The molecule has 1 aliphatic rings. The molecule has 31 heavy (non-hydrogen) atoms. The summed E-state index contributed by atoms with van der Waals surface area (Å²) in [6, 6.07) is 4.70. The summed E-state index contributed by atoms with van der Waals surface area (Å²) in [6.07, 6.45) is 22.4. The Balaban J connectivity index is 1.61. The molecule has 0 saturated heterocycles. The largest absolute Gasteiger partial charge is 0.507 e. The number of fused-ring (bicyclic) bond motifs is 1. The highest BCUT2D eigenvalue weighted by Gasteiger charge is 2.31. The second-order valence-electron chi connectivity index (χ2n) is 8.44. The lowest BCUT2D eigenvalue weighted by Crippen LogP contribution is -2.21. The van der Waals surface area contributed by atoms with Crippen molar-refractivity contribution in [1.82, 2.24) is 0 Å². The zero-order chi connectivity index (χ0) is 22.5. The number of carbonyl (C=O) groups is 2. The number of hydrogen-bond acceptors (Lipinski definition) is 3. The van der Waals surface area contributed by atoms with Gasteiger partial charge in [0.05, 0.1) is 5.56 Å². The molecule has 1 aromatic rings. The van der Waals surface area contributed by atoms with Crippen molar-refractivity contribution in [2.24, 2.45) is 0 Å². The molecule has 0 radical (unpaired) electrons. The summed E-state index contributed by atoms with van der Waals surface area (Å²) >= 11 is 0. The summed E-state index contributed by atoms with van der Waals surface area (Å²) in [4.78, 5) is 25.3. The molecule has 1 N–H and O–H groups in total. The zero-order valence-corrected chi connectivity index (χ0v) is 19.3. The third-order valence-electron chi connectivity index (χ3n) is 5.96. The summed E-state index contributed by atoms with van der Waals surface area (Å²) in [6.45, 7) is 3.96. The van der Waals surface area contributed by atoms with Gasteiger partial charge in [-0.15, -0.1) is 0 Å². The molecule has 0 bridgehead atoms. The molecule has 0 aromatic heterocycles. The Kier molecular flexibility index (Phi) is 11.1. The van der Waals surface area contributed by atoms with Crippen molar-refractivity contribution in [2.75, 3.05) is 0 Å². The topological polar surface area (TPSA) is 54.4 Å². The zero-order valence-electron chi connectivity index (χ0n) is 19.3. The van der Waals surface area contributed by atoms with Gasteiger partial charge in [-0.05, 0) is 57.9 Å². The number of rotatable bonds is 14. The fourth-order valence-corrected chi connectivity index (χ4v) is 4.04. The average molecular weight is 423 g/mol. The van der Waals surface area contributed by atoms with Crippen LogP contribution >= 0.6 is 0 Å². The van der Waals surface area contributed by atoms with Gasteiger partial charge in [-0.25, -0.2) is 0 Å². The molecule has 1 aromatic carbocycles. The van der Waals surface area contributed by atoms with Crippen LogP contribution in [0.3, 0.4) is 0 Å². The van der Waals surface area contributed by atoms with Crippen LogP contribution in [0.1, 0.15) is 112 Å². The van der Waals surface area contributed by atoms with Gasteiger partial charge < -0.3 is 5.11 Å². The quantitative estimate of drug-likeness (QED) is 0.245. The maximum Gasteiger partial charge on any atom is 0.193 e. The van der Waals surface area contributed by atoms with Gasteiger partial charge in [-0.1, -0.05) is 75.5 Å². The van der Waals surface area contributed by atoms with Crippen LogP contribution in [0, 0.1) is 0 Å². The van der Waals surface area contributed by atoms with E-state index in [-0.39, 0.29) is 22.9 Å². The molecule has 0 fully saturated rings. The molecule has 1 aliphatic carbocycles. The van der Waals surface area contributed by atoms with E-state index in [9.17, 15) is 14.7 Å². The minimum atomic E-state index is -0.185. The summed E-state index contributed by atoms with van der Waals surface area (Å²) in [7, 11) is 0. The normalized spacial score (nSPS) is 14.3. The van der Waals surface area contributed by atoms with Crippen molar-refractivity contribution in [3.63, 3.8) is 0 Å². The SMILES string of the molecule is CCCCC/C=C/C/C=C/CCCCCCCC1=C(C)C(=O)c2cccc(O)c2C1=O. The Bertz CT molecular complexity index is 827. The van der Waals surface area contributed by atoms with Crippen LogP contribution in [0.2, 0.25) is 0 Å². The smallest absolute Gasteiger partial charge is 0.193 e. The van der Waals surface area contributed by atoms with Gasteiger partial charge >= 0.3 is 0 Å². The Hall–Kier alpha value is -2.42. The minimum Gasteiger partial charge on any atom is -0.507 e. The number of phenols is 1. The highest BCUT2D eigenvalue weighted by molar-refractivity contribution is 6.27. The van der Waals surface area contributed by atoms with E-state index in [1.54, 1.807) is 19.1 Å². The van der Waals surface area contributed by atoms with Crippen molar-refractivity contribution in [3.8, 4) is 5.75 Å². The predicted octanol–water partition coefficient (Wildman–Crippen LogP) is 7.90. The van der Waals surface area contributed by atoms with Gasteiger partial charge in [-0.2, -0.15) is 0 Å². The molecular weight excluding hydrogens is 384 g/mol. The summed E-state index contributed by atoms with van der Waals surface area (Å²) < 4.78 is 0. The molecule has 0 aliphatic heterocycles. The number of ketones is 2. The van der Waals surface area contributed by atoms with E-state index in [2.05, 4.69) is 31.2 Å². The number of phenolic OH excluding ortho intramolecular Hbond substituents is 1. The maximum absolute atomic E-state index is 12.8. The third kappa shape index (κ3) is 7.65. The van der Waals surface area contributed by atoms with E-state index >= 15 is 0 Å². The van der Waals surface area contributed by atoms with Crippen LogP contribution in [0.5, 0.6) is 5.75 Å². The number of unbranched alkanes of at least 4 members (excludes halogenated alkanes) is 8. The Morgan fingerprint density at radius 1 is 0.806 bits per heavy atom. The van der Waals surface area contributed by atoms with E-state index in [0.717, 1.165) is 32.1 Å². The lowest BCUT2D eigenvalue weighted by atomic mass is 9.82.